The van der Waals surface area contributed by atoms with Gasteiger partial charge in [-0.1, -0.05) is 86.6 Å². The molecule has 0 aliphatic carbocycles. The van der Waals surface area contributed by atoms with E-state index in [4.69, 9.17) is 10.5 Å². The van der Waals surface area contributed by atoms with Gasteiger partial charge in [-0.3, -0.25) is 9.59 Å². The highest BCUT2D eigenvalue weighted by Gasteiger charge is 2.32. The van der Waals surface area contributed by atoms with Gasteiger partial charge >= 0.3 is 6.09 Å². The molecule has 2 atom stereocenters. The van der Waals surface area contributed by atoms with Crippen molar-refractivity contribution in [3.05, 3.63) is 83.9 Å². The topological polar surface area (TPSA) is 98.5 Å². The Morgan fingerprint density at radius 1 is 0.875 bits per heavy atom. The summed E-state index contributed by atoms with van der Waals surface area (Å²) < 4.78 is 5.28. The van der Waals surface area contributed by atoms with Gasteiger partial charge in [0.2, 0.25) is 11.6 Å². The molecular weight excluding hydrogens is 404 g/mol. The molecule has 0 radical (unpaired) electrons. The maximum absolute atomic E-state index is 13.0. The zero-order valence-corrected chi connectivity index (χ0v) is 18.3. The molecule has 3 aromatic carbocycles. The van der Waals surface area contributed by atoms with Crippen LogP contribution in [0, 0.1) is 5.92 Å². The number of nitrogens with one attached hydrogen (secondary N) is 1. The number of Topliss-reactive ketones (excluding diaryl/α,β-unsaturated/α-hetero) is 2. The fraction of sp³-hybridized carbons (Fsp3) is 0.269. The van der Waals surface area contributed by atoms with E-state index in [1.54, 1.807) is 13.8 Å². The second-order valence-electron chi connectivity index (χ2n) is 8.10. The van der Waals surface area contributed by atoms with Crippen molar-refractivity contribution < 1.29 is 19.1 Å². The first-order valence-electron chi connectivity index (χ1n) is 10.6. The highest BCUT2D eigenvalue weighted by atomic mass is 16.5. The van der Waals surface area contributed by atoms with E-state index in [9.17, 15) is 14.4 Å². The molecule has 0 bridgehead atoms. The molecule has 0 aromatic heterocycles. The number of ketones is 2. The summed E-state index contributed by atoms with van der Waals surface area (Å²) in [4.78, 5) is 38.2. The van der Waals surface area contributed by atoms with E-state index in [-0.39, 0.29) is 18.9 Å². The Kier molecular flexibility index (Phi) is 7.73. The van der Waals surface area contributed by atoms with E-state index in [0.717, 1.165) is 21.9 Å². The summed E-state index contributed by atoms with van der Waals surface area (Å²) in [6.45, 7) is 3.61. The number of rotatable bonds is 9. The van der Waals surface area contributed by atoms with Crippen molar-refractivity contribution in [3.8, 4) is 0 Å². The summed E-state index contributed by atoms with van der Waals surface area (Å²) in [5, 5.41) is 4.55. The minimum absolute atomic E-state index is 0.0569. The van der Waals surface area contributed by atoms with Gasteiger partial charge in [-0.2, -0.15) is 0 Å². The van der Waals surface area contributed by atoms with Crippen LogP contribution in [0.3, 0.4) is 0 Å². The van der Waals surface area contributed by atoms with E-state index < -0.39 is 29.7 Å². The first kappa shape index (κ1) is 23.2. The Hall–Kier alpha value is -3.51. The predicted molar refractivity (Wildman–Crippen MR) is 124 cm³/mol. The van der Waals surface area contributed by atoms with Crippen LogP contribution in [0.2, 0.25) is 0 Å². The zero-order chi connectivity index (χ0) is 23.1. The Bertz CT molecular complexity index is 1090. The smallest absolute Gasteiger partial charge is 0.408 e. The van der Waals surface area contributed by atoms with Gasteiger partial charge in [0.05, 0.1) is 6.04 Å². The minimum atomic E-state index is -1.08. The average molecular weight is 433 g/mol. The van der Waals surface area contributed by atoms with Crippen LogP contribution in [0.4, 0.5) is 4.79 Å². The summed E-state index contributed by atoms with van der Waals surface area (Å²) in [6, 6.07) is 20.7. The molecule has 1 amide bonds. The predicted octanol–water partition coefficient (Wildman–Crippen LogP) is 3.80. The number of nitrogens with two attached hydrogens (primary N) is 1. The van der Waals surface area contributed by atoms with Gasteiger partial charge in [0.15, 0.2) is 0 Å². The van der Waals surface area contributed by atoms with E-state index in [2.05, 4.69) is 5.32 Å². The van der Waals surface area contributed by atoms with Crippen molar-refractivity contribution in [2.24, 2.45) is 11.7 Å². The molecule has 0 heterocycles. The molecule has 3 rings (SSSR count). The largest absolute Gasteiger partial charge is 0.445 e. The first-order chi connectivity index (χ1) is 15.4. The lowest BCUT2D eigenvalue weighted by molar-refractivity contribution is -0.139. The van der Waals surface area contributed by atoms with Crippen LogP contribution in [-0.4, -0.2) is 29.7 Å². The lowest BCUT2D eigenvalue weighted by atomic mass is 9.91. The van der Waals surface area contributed by atoms with Gasteiger partial charge in [-0.25, -0.2) is 4.79 Å². The minimum Gasteiger partial charge on any atom is -0.445 e. The standard InChI is InChI=1S/C26H28N2O4/c1-17(2)23(27)25(30)24(29)22(28-26(31)32-16-18-9-4-3-5-10-18)15-20-13-8-12-19-11-6-7-14-21(19)20/h3-14,17,22-23H,15-16,27H2,1-2H3,(H,28,31)/t22?,23-/m0/s1. The molecule has 0 spiro atoms. The lowest BCUT2D eigenvalue weighted by Gasteiger charge is -2.21. The molecule has 3 aromatic rings. The van der Waals surface area contributed by atoms with Crippen LogP contribution in [0.5, 0.6) is 0 Å². The van der Waals surface area contributed by atoms with Crippen molar-refractivity contribution in [2.75, 3.05) is 0 Å². The van der Waals surface area contributed by atoms with Crippen LogP contribution < -0.4 is 11.1 Å². The van der Waals surface area contributed by atoms with E-state index in [0.29, 0.717) is 0 Å². The molecule has 32 heavy (non-hydrogen) atoms. The van der Waals surface area contributed by atoms with E-state index in [1.807, 2.05) is 72.8 Å². The Morgan fingerprint density at radius 3 is 2.25 bits per heavy atom. The van der Waals surface area contributed by atoms with Gasteiger partial charge in [-0.15, -0.1) is 0 Å². The molecular formula is C26H28N2O4. The lowest BCUT2D eigenvalue weighted by Crippen LogP contribution is -2.51. The Morgan fingerprint density at radius 2 is 1.53 bits per heavy atom. The van der Waals surface area contributed by atoms with Gasteiger partial charge in [0, 0.05) is 6.42 Å². The number of benzene rings is 3. The fourth-order valence-corrected chi connectivity index (χ4v) is 3.45. The van der Waals surface area contributed by atoms with Crippen LogP contribution in [-0.2, 0) is 27.4 Å². The molecule has 0 saturated heterocycles. The fourth-order valence-electron chi connectivity index (χ4n) is 3.45. The van der Waals surface area contributed by atoms with Crippen LogP contribution >= 0.6 is 0 Å². The second kappa shape index (κ2) is 10.7. The van der Waals surface area contributed by atoms with E-state index >= 15 is 0 Å². The molecule has 0 saturated carbocycles. The summed E-state index contributed by atoms with van der Waals surface area (Å²) >= 11 is 0. The van der Waals surface area contributed by atoms with Crippen molar-refractivity contribution in [1.29, 1.82) is 0 Å². The van der Waals surface area contributed by atoms with Gasteiger partial charge in [0.1, 0.15) is 12.6 Å². The Labute approximate surface area is 187 Å². The van der Waals surface area contributed by atoms with Crippen molar-refractivity contribution >= 4 is 28.4 Å². The van der Waals surface area contributed by atoms with Crippen LogP contribution in [0.1, 0.15) is 25.0 Å². The SMILES string of the molecule is CC(C)[C@H](N)C(=O)C(=O)C(Cc1cccc2ccccc12)NC(=O)OCc1ccccc1. The number of carbonyl (C=O) groups is 3. The molecule has 3 N–H and O–H groups in total. The van der Waals surface area contributed by atoms with Gasteiger partial charge in [-0.05, 0) is 27.8 Å². The third-order valence-corrected chi connectivity index (χ3v) is 5.39. The normalized spacial score (nSPS) is 12.9. The molecule has 0 aliphatic rings. The van der Waals surface area contributed by atoms with Crippen molar-refractivity contribution in [2.45, 2.75) is 39.0 Å². The molecule has 0 fully saturated rings. The van der Waals surface area contributed by atoms with Gasteiger partial charge in [0.25, 0.3) is 0 Å². The molecule has 1 unspecified atom stereocenters. The first-order valence-corrected chi connectivity index (χ1v) is 10.6. The summed E-state index contributed by atoms with van der Waals surface area (Å²) in [5.74, 6) is -1.63. The van der Waals surface area contributed by atoms with Gasteiger partial charge < -0.3 is 15.8 Å². The maximum Gasteiger partial charge on any atom is 0.408 e. The number of alkyl carbamates (subject to hydrolysis) is 1. The number of amides is 1. The second-order valence-corrected chi connectivity index (χ2v) is 8.10. The third-order valence-electron chi connectivity index (χ3n) is 5.39. The quantitative estimate of drug-likeness (QED) is 0.501. The van der Waals surface area contributed by atoms with Crippen molar-refractivity contribution in [3.63, 3.8) is 0 Å². The molecule has 6 nitrogen and oxygen atoms in total. The molecule has 0 aliphatic heterocycles. The monoisotopic (exact) mass is 432 g/mol. The van der Waals surface area contributed by atoms with Crippen LogP contribution in [0.15, 0.2) is 72.8 Å². The molecule has 6 heteroatoms. The number of hydrogen-bond donors (Lipinski definition) is 2. The number of carbonyl (C=O) groups excluding carboxylic acids is 3. The summed E-state index contributed by atoms with van der Waals surface area (Å²) in [6.07, 6.45) is -0.615. The number of hydrogen-bond acceptors (Lipinski definition) is 5. The molecule has 166 valence electrons. The number of fused-ring (bicyclic) bond motifs is 1. The number of ether oxygens (including phenoxy) is 1. The van der Waals surface area contributed by atoms with Crippen molar-refractivity contribution in [1.82, 2.24) is 5.32 Å². The third kappa shape index (κ3) is 5.80. The highest BCUT2D eigenvalue weighted by molar-refractivity contribution is 6.41. The van der Waals surface area contributed by atoms with Crippen LogP contribution in [0.25, 0.3) is 10.8 Å². The maximum atomic E-state index is 13.0. The summed E-state index contributed by atoms with van der Waals surface area (Å²) in [7, 11) is 0. The zero-order valence-electron chi connectivity index (χ0n) is 18.3. The average Bonchev–Trinajstić information content (AvgIpc) is 2.81. The Balaban J connectivity index is 1.81. The van der Waals surface area contributed by atoms with E-state index in [1.165, 1.54) is 0 Å². The highest BCUT2D eigenvalue weighted by Crippen LogP contribution is 2.20. The summed E-state index contributed by atoms with van der Waals surface area (Å²) in [5.41, 5.74) is 7.59.